The van der Waals surface area contributed by atoms with Crippen LogP contribution in [-0.2, 0) is 18.3 Å². The van der Waals surface area contributed by atoms with Crippen LogP contribution in [0.5, 0.6) is 0 Å². The van der Waals surface area contributed by atoms with E-state index < -0.39 is 0 Å². The topological polar surface area (TPSA) is 40.5 Å². The van der Waals surface area contributed by atoms with Crippen molar-refractivity contribution in [1.29, 1.82) is 0 Å². The molecular formula is C19H20Br4O2. The Morgan fingerprint density at radius 2 is 0.960 bits per heavy atom. The SMILES string of the molecule is CC(C)(c1cc(Br)c(CCO)c(Br)c1)c1cc(Br)c(CCO)c(Br)c1. The summed E-state index contributed by atoms with van der Waals surface area (Å²) in [6.07, 6.45) is 1.21. The molecule has 25 heavy (non-hydrogen) atoms. The molecule has 0 aromatic heterocycles. The van der Waals surface area contributed by atoms with Crippen molar-refractivity contribution in [2.24, 2.45) is 0 Å². The van der Waals surface area contributed by atoms with Gasteiger partial charge in [-0.3, -0.25) is 0 Å². The lowest BCUT2D eigenvalue weighted by atomic mass is 9.77. The highest BCUT2D eigenvalue weighted by atomic mass is 79.9. The number of rotatable bonds is 6. The van der Waals surface area contributed by atoms with Gasteiger partial charge in [0, 0.05) is 36.5 Å². The molecule has 2 aromatic rings. The van der Waals surface area contributed by atoms with Gasteiger partial charge in [-0.05, 0) is 59.4 Å². The smallest absolute Gasteiger partial charge is 0.0472 e. The van der Waals surface area contributed by atoms with E-state index in [0.717, 1.165) is 29.0 Å². The van der Waals surface area contributed by atoms with Crippen molar-refractivity contribution in [3.8, 4) is 0 Å². The van der Waals surface area contributed by atoms with Crippen molar-refractivity contribution in [1.82, 2.24) is 0 Å². The van der Waals surface area contributed by atoms with Gasteiger partial charge in [-0.1, -0.05) is 77.6 Å². The van der Waals surface area contributed by atoms with E-state index >= 15 is 0 Å². The van der Waals surface area contributed by atoms with Crippen molar-refractivity contribution < 1.29 is 10.2 Å². The Kier molecular flexibility index (Phi) is 7.75. The first-order valence-corrected chi connectivity index (χ1v) is 11.1. The molecule has 0 radical (unpaired) electrons. The van der Waals surface area contributed by atoms with E-state index in [1.54, 1.807) is 0 Å². The Labute approximate surface area is 182 Å². The number of hydrogen-bond donors (Lipinski definition) is 2. The Bertz CT molecular complexity index is 663. The highest BCUT2D eigenvalue weighted by Crippen LogP contribution is 2.40. The molecule has 0 unspecified atom stereocenters. The van der Waals surface area contributed by atoms with Crippen LogP contribution < -0.4 is 0 Å². The molecule has 0 atom stereocenters. The molecular weight excluding hydrogens is 580 g/mol. The number of aliphatic hydroxyl groups excluding tert-OH is 2. The zero-order valence-electron chi connectivity index (χ0n) is 14.0. The lowest BCUT2D eigenvalue weighted by molar-refractivity contribution is 0.299. The molecule has 0 fully saturated rings. The van der Waals surface area contributed by atoms with Crippen molar-refractivity contribution >= 4 is 63.7 Å². The molecule has 0 amide bonds. The highest BCUT2D eigenvalue weighted by molar-refractivity contribution is 9.11. The third-order valence-electron chi connectivity index (χ3n) is 4.45. The summed E-state index contributed by atoms with van der Waals surface area (Å²) < 4.78 is 3.98. The van der Waals surface area contributed by atoms with E-state index in [1.165, 1.54) is 11.1 Å². The maximum atomic E-state index is 9.24. The Morgan fingerprint density at radius 3 is 1.20 bits per heavy atom. The fourth-order valence-electron chi connectivity index (χ4n) is 2.80. The lowest BCUT2D eigenvalue weighted by Crippen LogP contribution is -2.20. The average Bonchev–Trinajstić information content (AvgIpc) is 2.53. The van der Waals surface area contributed by atoms with Gasteiger partial charge < -0.3 is 10.2 Å². The minimum atomic E-state index is -0.217. The van der Waals surface area contributed by atoms with E-state index in [-0.39, 0.29) is 18.6 Å². The van der Waals surface area contributed by atoms with Crippen LogP contribution in [0.15, 0.2) is 42.2 Å². The number of benzene rings is 2. The van der Waals surface area contributed by atoms with Crippen LogP contribution in [0.25, 0.3) is 0 Å². The fourth-order valence-corrected chi connectivity index (χ4v) is 5.96. The van der Waals surface area contributed by atoms with Crippen LogP contribution in [0.4, 0.5) is 0 Å². The predicted molar refractivity (Wildman–Crippen MR) is 117 cm³/mol. The second-order valence-electron chi connectivity index (χ2n) is 6.41. The lowest BCUT2D eigenvalue weighted by Gasteiger charge is -2.28. The molecule has 2 nitrogen and oxygen atoms in total. The molecule has 6 heteroatoms. The van der Waals surface area contributed by atoms with Crippen molar-refractivity contribution in [2.45, 2.75) is 32.1 Å². The molecule has 0 spiro atoms. The van der Waals surface area contributed by atoms with Crippen LogP contribution in [0.3, 0.4) is 0 Å². The van der Waals surface area contributed by atoms with Crippen molar-refractivity contribution in [3.05, 3.63) is 64.4 Å². The van der Waals surface area contributed by atoms with Gasteiger partial charge in [-0.2, -0.15) is 0 Å². The molecule has 0 aliphatic carbocycles. The molecule has 0 heterocycles. The van der Waals surface area contributed by atoms with E-state index in [2.05, 4.69) is 102 Å². The van der Waals surface area contributed by atoms with Gasteiger partial charge >= 0.3 is 0 Å². The number of halogens is 4. The van der Waals surface area contributed by atoms with Gasteiger partial charge in [0.1, 0.15) is 0 Å². The van der Waals surface area contributed by atoms with E-state index in [1.807, 2.05) is 0 Å². The minimum absolute atomic E-state index is 0.117. The molecule has 136 valence electrons. The molecule has 0 saturated heterocycles. The van der Waals surface area contributed by atoms with Gasteiger partial charge in [-0.25, -0.2) is 0 Å². The van der Waals surface area contributed by atoms with Crippen LogP contribution in [0.1, 0.15) is 36.1 Å². The summed E-state index contributed by atoms with van der Waals surface area (Å²) in [6, 6.07) is 8.50. The summed E-state index contributed by atoms with van der Waals surface area (Å²) in [7, 11) is 0. The first-order valence-electron chi connectivity index (χ1n) is 7.90. The predicted octanol–water partition coefficient (Wildman–Crippen LogP) is 6.13. The summed E-state index contributed by atoms with van der Waals surface area (Å²) in [5.41, 5.74) is 4.26. The molecule has 0 aliphatic heterocycles. The molecule has 2 rings (SSSR count). The van der Waals surface area contributed by atoms with Crippen LogP contribution in [0, 0.1) is 0 Å². The van der Waals surface area contributed by atoms with Gasteiger partial charge in [0.25, 0.3) is 0 Å². The average molecular weight is 600 g/mol. The van der Waals surface area contributed by atoms with Gasteiger partial charge in [0.2, 0.25) is 0 Å². The Balaban J connectivity index is 2.52. The van der Waals surface area contributed by atoms with Crippen molar-refractivity contribution in [2.75, 3.05) is 13.2 Å². The molecule has 2 aromatic carbocycles. The molecule has 0 aliphatic rings. The Morgan fingerprint density at radius 1 is 0.680 bits per heavy atom. The van der Waals surface area contributed by atoms with Crippen LogP contribution >= 0.6 is 63.7 Å². The summed E-state index contributed by atoms with van der Waals surface area (Å²) in [5.74, 6) is 0. The van der Waals surface area contributed by atoms with Gasteiger partial charge in [-0.15, -0.1) is 0 Å². The second kappa shape index (κ2) is 8.98. The summed E-state index contributed by atoms with van der Waals surface area (Å²) in [4.78, 5) is 0. The first kappa shape index (κ1) is 21.6. The molecule has 0 bridgehead atoms. The van der Waals surface area contributed by atoms with E-state index in [9.17, 15) is 10.2 Å². The minimum Gasteiger partial charge on any atom is -0.396 e. The third kappa shape index (κ3) is 4.77. The summed E-state index contributed by atoms with van der Waals surface area (Å²) in [6.45, 7) is 4.61. The third-order valence-corrected chi connectivity index (χ3v) is 7.28. The largest absolute Gasteiger partial charge is 0.396 e. The van der Waals surface area contributed by atoms with E-state index in [0.29, 0.717) is 12.8 Å². The second-order valence-corrected chi connectivity index (χ2v) is 9.83. The highest BCUT2D eigenvalue weighted by Gasteiger charge is 2.26. The van der Waals surface area contributed by atoms with Gasteiger partial charge in [0.05, 0.1) is 0 Å². The van der Waals surface area contributed by atoms with Crippen LogP contribution in [-0.4, -0.2) is 23.4 Å². The monoisotopic (exact) mass is 596 g/mol. The van der Waals surface area contributed by atoms with Gasteiger partial charge in [0.15, 0.2) is 0 Å². The molecule has 0 saturated carbocycles. The first-order chi connectivity index (χ1) is 11.7. The fraction of sp³-hybridized carbons (Fsp3) is 0.368. The maximum absolute atomic E-state index is 9.24. The summed E-state index contributed by atoms with van der Waals surface area (Å²) >= 11 is 14.6. The number of aliphatic hydroxyl groups is 2. The quantitative estimate of drug-likeness (QED) is 0.419. The zero-order valence-corrected chi connectivity index (χ0v) is 20.4. The van der Waals surface area contributed by atoms with Crippen LogP contribution in [0.2, 0.25) is 0 Å². The normalized spacial score (nSPS) is 11.8. The van der Waals surface area contributed by atoms with E-state index in [4.69, 9.17) is 0 Å². The summed E-state index contributed by atoms with van der Waals surface area (Å²) in [5, 5.41) is 18.5. The zero-order chi connectivity index (χ0) is 18.8. The van der Waals surface area contributed by atoms with Crippen molar-refractivity contribution in [3.63, 3.8) is 0 Å². The number of hydrogen-bond acceptors (Lipinski definition) is 2. The molecule has 2 N–H and O–H groups in total. The standard InChI is InChI=1S/C19H20Br4O2/c1-19(2,11-7-15(20)13(3-5-24)16(21)8-11)12-9-17(22)14(4-6-25)18(23)10-12/h7-10,24-25H,3-6H2,1-2H3. The Hall–Kier alpha value is 0.280. The maximum Gasteiger partial charge on any atom is 0.0472 e.